The van der Waals surface area contributed by atoms with Crippen LogP contribution in [0.5, 0.6) is 5.75 Å². The summed E-state index contributed by atoms with van der Waals surface area (Å²) < 4.78 is 34.2. The second-order valence-corrected chi connectivity index (χ2v) is 9.66. The molecule has 0 radical (unpaired) electrons. The molecule has 1 aliphatic carbocycles. The van der Waals surface area contributed by atoms with Crippen LogP contribution in [0, 0.1) is 29.4 Å². The standard InChI is InChI=1S/C31H40F2O/c1-3-5-7-8-10-24-11-16-26(17-12-24)27-18-13-25(14-19-27)15-20-28-21-22-29(31(33)30(28)32)34-23-9-6-4-2/h11-12,16-17,21-22,25,27H,3-10,13-14,18-19,23H2,1-2H3/t25-,27-. The molecular formula is C31H40F2O. The van der Waals surface area contributed by atoms with E-state index in [1.807, 2.05) is 0 Å². The van der Waals surface area contributed by atoms with E-state index in [1.54, 1.807) is 0 Å². The van der Waals surface area contributed by atoms with Crippen LogP contribution in [0.25, 0.3) is 0 Å². The highest BCUT2D eigenvalue weighted by molar-refractivity contribution is 5.41. The molecule has 2 aromatic carbocycles. The van der Waals surface area contributed by atoms with Crippen molar-refractivity contribution in [2.45, 2.75) is 96.8 Å². The second kappa shape index (κ2) is 14.1. The lowest BCUT2D eigenvalue weighted by Crippen LogP contribution is -2.12. The molecule has 0 unspecified atom stereocenters. The van der Waals surface area contributed by atoms with E-state index in [4.69, 9.17) is 4.74 Å². The Kier molecular flexibility index (Phi) is 10.9. The summed E-state index contributed by atoms with van der Waals surface area (Å²) in [6.07, 6.45) is 13.5. The topological polar surface area (TPSA) is 9.23 Å². The number of aryl methyl sites for hydroxylation is 1. The summed E-state index contributed by atoms with van der Waals surface area (Å²) in [5.41, 5.74) is 2.98. The minimum Gasteiger partial charge on any atom is -0.490 e. The van der Waals surface area contributed by atoms with Crippen LogP contribution in [-0.4, -0.2) is 6.61 Å². The highest BCUT2D eigenvalue weighted by Crippen LogP contribution is 2.35. The lowest BCUT2D eigenvalue weighted by atomic mass is 9.78. The maximum absolute atomic E-state index is 14.5. The van der Waals surface area contributed by atoms with Crippen molar-refractivity contribution in [2.24, 2.45) is 5.92 Å². The lowest BCUT2D eigenvalue weighted by molar-refractivity contribution is 0.286. The van der Waals surface area contributed by atoms with E-state index in [0.717, 1.165) is 44.9 Å². The molecule has 0 saturated heterocycles. The monoisotopic (exact) mass is 466 g/mol. The third kappa shape index (κ3) is 7.86. The van der Waals surface area contributed by atoms with E-state index in [-0.39, 0.29) is 17.2 Å². The number of ether oxygens (including phenoxy) is 1. The number of unbranched alkanes of at least 4 members (excludes halogenated alkanes) is 5. The van der Waals surface area contributed by atoms with Gasteiger partial charge in [0.25, 0.3) is 0 Å². The van der Waals surface area contributed by atoms with Crippen LogP contribution in [-0.2, 0) is 6.42 Å². The molecule has 3 rings (SSSR count). The normalized spacial score (nSPS) is 17.8. The third-order valence-corrected chi connectivity index (χ3v) is 6.96. The Morgan fingerprint density at radius 1 is 0.794 bits per heavy atom. The summed E-state index contributed by atoms with van der Waals surface area (Å²) >= 11 is 0. The molecule has 0 amide bonds. The predicted molar refractivity (Wildman–Crippen MR) is 137 cm³/mol. The average molecular weight is 467 g/mol. The first-order chi connectivity index (χ1) is 16.6. The van der Waals surface area contributed by atoms with Gasteiger partial charge in [0.2, 0.25) is 5.82 Å². The fraction of sp³-hybridized carbons (Fsp3) is 0.548. The molecule has 0 N–H and O–H groups in total. The first-order valence-corrected chi connectivity index (χ1v) is 13.3. The van der Waals surface area contributed by atoms with Gasteiger partial charge in [-0.25, -0.2) is 4.39 Å². The summed E-state index contributed by atoms with van der Waals surface area (Å²) in [5.74, 6) is 5.06. The first kappa shape index (κ1) is 26.3. The number of halogens is 2. The van der Waals surface area contributed by atoms with Crippen LogP contribution in [0.15, 0.2) is 36.4 Å². The van der Waals surface area contributed by atoms with Gasteiger partial charge in [-0.05, 0) is 74.1 Å². The minimum atomic E-state index is -0.930. The Morgan fingerprint density at radius 3 is 2.21 bits per heavy atom. The SMILES string of the molecule is CCCCCCc1ccc([C@H]2CC[C@H](C#Cc3ccc(OCCCCC)c(F)c3F)CC2)cc1. The fourth-order valence-corrected chi connectivity index (χ4v) is 4.74. The van der Waals surface area contributed by atoms with Crippen LogP contribution < -0.4 is 4.74 Å². The predicted octanol–water partition coefficient (Wildman–Crippen LogP) is 8.98. The number of hydrogen-bond acceptors (Lipinski definition) is 1. The fourth-order valence-electron chi connectivity index (χ4n) is 4.74. The van der Waals surface area contributed by atoms with Gasteiger partial charge in [-0.15, -0.1) is 0 Å². The van der Waals surface area contributed by atoms with E-state index >= 15 is 0 Å². The summed E-state index contributed by atoms with van der Waals surface area (Å²) in [6, 6.07) is 12.2. The van der Waals surface area contributed by atoms with Gasteiger partial charge in [0.05, 0.1) is 12.2 Å². The molecule has 0 spiro atoms. The quantitative estimate of drug-likeness (QED) is 0.237. The smallest absolute Gasteiger partial charge is 0.201 e. The second-order valence-electron chi connectivity index (χ2n) is 9.66. The van der Waals surface area contributed by atoms with Crippen LogP contribution >= 0.6 is 0 Å². The van der Waals surface area contributed by atoms with E-state index in [9.17, 15) is 8.78 Å². The van der Waals surface area contributed by atoms with Crippen molar-refractivity contribution in [3.8, 4) is 17.6 Å². The van der Waals surface area contributed by atoms with Gasteiger partial charge in [-0.3, -0.25) is 0 Å². The van der Waals surface area contributed by atoms with Crippen molar-refractivity contribution < 1.29 is 13.5 Å². The number of hydrogen-bond donors (Lipinski definition) is 0. The molecule has 184 valence electrons. The Hall–Kier alpha value is -2.34. The Labute approximate surface area is 205 Å². The molecule has 1 fully saturated rings. The van der Waals surface area contributed by atoms with Crippen LogP contribution in [0.4, 0.5) is 8.78 Å². The summed E-state index contributed by atoms with van der Waals surface area (Å²) in [7, 11) is 0. The van der Waals surface area contributed by atoms with Gasteiger partial charge < -0.3 is 4.74 Å². The first-order valence-electron chi connectivity index (χ1n) is 13.3. The van der Waals surface area contributed by atoms with Gasteiger partial charge in [0.1, 0.15) is 0 Å². The zero-order chi connectivity index (χ0) is 24.2. The van der Waals surface area contributed by atoms with E-state index in [0.29, 0.717) is 12.5 Å². The van der Waals surface area contributed by atoms with Crippen molar-refractivity contribution in [3.63, 3.8) is 0 Å². The maximum Gasteiger partial charge on any atom is 0.201 e. The lowest BCUT2D eigenvalue weighted by Gasteiger charge is -2.26. The number of benzene rings is 2. The molecule has 34 heavy (non-hydrogen) atoms. The van der Waals surface area contributed by atoms with E-state index in [2.05, 4.69) is 50.0 Å². The molecule has 0 aliphatic heterocycles. The molecule has 0 heterocycles. The molecular weight excluding hydrogens is 426 g/mol. The molecule has 1 saturated carbocycles. The zero-order valence-electron chi connectivity index (χ0n) is 21.0. The van der Waals surface area contributed by atoms with Gasteiger partial charge in [0, 0.05) is 5.92 Å². The van der Waals surface area contributed by atoms with Gasteiger partial charge >= 0.3 is 0 Å². The van der Waals surface area contributed by atoms with Crippen molar-refractivity contribution in [1.82, 2.24) is 0 Å². The summed E-state index contributed by atoms with van der Waals surface area (Å²) in [6.45, 7) is 4.74. The number of rotatable bonds is 11. The van der Waals surface area contributed by atoms with E-state index in [1.165, 1.54) is 55.4 Å². The van der Waals surface area contributed by atoms with Crippen LogP contribution in [0.2, 0.25) is 0 Å². The van der Waals surface area contributed by atoms with Crippen LogP contribution in [0.1, 0.15) is 107 Å². The Balaban J connectivity index is 1.49. The van der Waals surface area contributed by atoms with Gasteiger partial charge in [-0.1, -0.05) is 82.1 Å². The summed E-state index contributed by atoms with van der Waals surface area (Å²) in [4.78, 5) is 0. The Bertz CT molecular complexity index is 930. The van der Waals surface area contributed by atoms with Crippen molar-refractivity contribution >= 4 is 0 Å². The van der Waals surface area contributed by atoms with Crippen molar-refractivity contribution in [2.75, 3.05) is 6.61 Å². The van der Waals surface area contributed by atoms with Gasteiger partial charge in [0.15, 0.2) is 11.6 Å². The molecule has 0 aromatic heterocycles. The van der Waals surface area contributed by atoms with Crippen molar-refractivity contribution in [3.05, 3.63) is 64.7 Å². The molecule has 0 bridgehead atoms. The molecule has 3 heteroatoms. The highest BCUT2D eigenvalue weighted by Gasteiger charge is 2.21. The zero-order valence-corrected chi connectivity index (χ0v) is 21.0. The minimum absolute atomic E-state index is 0.0216. The molecule has 2 aromatic rings. The highest BCUT2D eigenvalue weighted by atomic mass is 19.2. The third-order valence-electron chi connectivity index (χ3n) is 6.96. The van der Waals surface area contributed by atoms with Crippen LogP contribution in [0.3, 0.4) is 0 Å². The maximum atomic E-state index is 14.5. The van der Waals surface area contributed by atoms with E-state index < -0.39 is 11.6 Å². The molecule has 1 aliphatic rings. The molecule has 1 nitrogen and oxygen atoms in total. The van der Waals surface area contributed by atoms with Gasteiger partial charge in [-0.2, -0.15) is 4.39 Å². The Morgan fingerprint density at radius 2 is 1.50 bits per heavy atom. The average Bonchev–Trinajstić information content (AvgIpc) is 2.87. The van der Waals surface area contributed by atoms with Crippen molar-refractivity contribution in [1.29, 1.82) is 0 Å². The summed E-state index contributed by atoms with van der Waals surface area (Å²) in [5, 5.41) is 0. The largest absolute Gasteiger partial charge is 0.490 e. The molecule has 0 atom stereocenters.